The molecule has 0 saturated carbocycles. The Morgan fingerprint density at radius 2 is 2.04 bits per heavy atom. The van der Waals surface area contributed by atoms with Crippen LogP contribution in [0.2, 0.25) is 0 Å². The number of benzene rings is 2. The van der Waals surface area contributed by atoms with Crippen molar-refractivity contribution >= 4 is 34.5 Å². The quantitative estimate of drug-likeness (QED) is 0.712. The summed E-state index contributed by atoms with van der Waals surface area (Å²) in [6.45, 7) is 1.83. The maximum absolute atomic E-state index is 12.3. The van der Waals surface area contributed by atoms with Gasteiger partial charge in [0.15, 0.2) is 6.61 Å². The highest BCUT2D eigenvalue weighted by molar-refractivity contribution is 8.00. The minimum atomic E-state index is -0.365. The van der Waals surface area contributed by atoms with E-state index in [-0.39, 0.29) is 23.8 Å². The van der Waals surface area contributed by atoms with Crippen LogP contribution in [0.3, 0.4) is 0 Å². The lowest BCUT2D eigenvalue weighted by molar-refractivity contribution is -0.140. The number of hydrazine groups is 1. The van der Waals surface area contributed by atoms with E-state index < -0.39 is 0 Å². The van der Waals surface area contributed by atoms with E-state index in [0.717, 1.165) is 22.0 Å². The minimum Gasteiger partial charge on any atom is -0.484 e. The number of carbonyl (C=O) groups is 2. The normalized spacial score (nSPS) is 16.7. The van der Waals surface area contributed by atoms with Crippen LogP contribution in [0.4, 0.5) is 0 Å². The Labute approximate surface area is 160 Å². The lowest BCUT2D eigenvalue weighted by Crippen LogP contribution is -2.46. The molecule has 2 N–H and O–H groups in total. The number of fused-ring (bicyclic) bond motifs is 1. The van der Waals surface area contributed by atoms with Crippen LogP contribution in [-0.4, -0.2) is 34.2 Å². The molecule has 0 bridgehead atoms. The van der Waals surface area contributed by atoms with Crippen molar-refractivity contribution in [1.29, 1.82) is 0 Å². The van der Waals surface area contributed by atoms with Gasteiger partial charge in [-0.1, -0.05) is 35.9 Å². The first kappa shape index (κ1) is 17.5. The fraction of sp³-hybridized carbons (Fsp3) is 0.200. The Bertz CT molecular complexity index is 984. The largest absolute Gasteiger partial charge is 0.484 e. The molecule has 1 aliphatic rings. The number of aryl methyl sites for hydroxylation is 1. The second kappa shape index (κ2) is 7.36. The van der Waals surface area contributed by atoms with Gasteiger partial charge >= 0.3 is 0 Å². The molecular formula is C20H19N3O3S. The Morgan fingerprint density at radius 1 is 1.26 bits per heavy atom. The van der Waals surface area contributed by atoms with Crippen LogP contribution >= 0.6 is 11.8 Å². The average Bonchev–Trinajstić information content (AvgIpc) is 3.25. The molecule has 2 heterocycles. The van der Waals surface area contributed by atoms with E-state index in [1.54, 1.807) is 0 Å². The van der Waals surface area contributed by atoms with E-state index in [1.807, 2.05) is 61.7 Å². The molecule has 2 amide bonds. The van der Waals surface area contributed by atoms with Crippen molar-refractivity contribution in [1.82, 2.24) is 15.4 Å². The molecule has 1 fully saturated rings. The third-order valence-corrected chi connectivity index (χ3v) is 5.59. The monoisotopic (exact) mass is 381 g/mol. The number of H-pyrrole nitrogens is 1. The molecule has 1 saturated heterocycles. The van der Waals surface area contributed by atoms with Crippen LogP contribution < -0.4 is 10.2 Å². The zero-order valence-electron chi connectivity index (χ0n) is 14.8. The van der Waals surface area contributed by atoms with Crippen molar-refractivity contribution in [3.05, 3.63) is 65.9 Å². The highest BCUT2D eigenvalue weighted by Gasteiger charge is 2.35. The molecule has 7 heteroatoms. The SMILES string of the molecule is Cc1ccc(OCC(=O)NN2C(=O)CS[C@@H]2c2c[nH]c3ccccc23)cc1. The van der Waals surface area contributed by atoms with Gasteiger partial charge in [-0.3, -0.25) is 15.0 Å². The van der Waals surface area contributed by atoms with E-state index >= 15 is 0 Å². The molecule has 0 aliphatic carbocycles. The van der Waals surface area contributed by atoms with E-state index in [4.69, 9.17) is 4.74 Å². The maximum atomic E-state index is 12.3. The van der Waals surface area contributed by atoms with Crippen molar-refractivity contribution in [2.75, 3.05) is 12.4 Å². The molecule has 3 aromatic rings. The van der Waals surface area contributed by atoms with Gasteiger partial charge in [0, 0.05) is 22.7 Å². The van der Waals surface area contributed by atoms with E-state index in [9.17, 15) is 9.59 Å². The van der Waals surface area contributed by atoms with Crippen LogP contribution in [-0.2, 0) is 9.59 Å². The highest BCUT2D eigenvalue weighted by Crippen LogP contribution is 2.40. The Kier molecular flexibility index (Phi) is 4.77. The number of hydrogen-bond donors (Lipinski definition) is 2. The smallest absolute Gasteiger partial charge is 0.276 e. The number of hydrogen-bond acceptors (Lipinski definition) is 4. The fourth-order valence-electron chi connectivity index (χ4n) is 3.02. The molecule has 27 heavy (non-hydrogen) atoms. The van der Waals surface area contributed by atoms with E-state index in [1.165, 1.54) is 16.8 Å². The molecule has 2 aromatic carbocycles. The summed E-state index contributed by atoms with van der Waals surface area (Å²) in [6.07, 6.45) is 1.89. The van der Waals surface area contributed by atoms with Gasteiger partial charge in [-0.2, -0.15) is 0 Å². The van der Waals surface area contributed by atoms with Crippen LogP contribution in [0.5, 0.6) is 5.75 Å². The van der Waals surface area contributed by atoms with Crippen LogP contribution in [0.25, 0.3) is 10.9 Å². The summed E-state index contributed by atoms with van der Waals surface area (Å²) < 4.78 is 5.50. The van der Waals surface area contributed by atoms with Gasteiger partial charge in [-0.15, -0.1) is 11.8 Å². The second-order valence-corrected chi connectivity index (χ2v) is 7.42. The Hall–Kier alpha value is -2.93. The third kappa shape index (κ3) is 3.64. The molecule has 4 rings (SSSR count). The number of para-hydroxylation sites is 1. The number of ether oxygens (including phenoxy) is 1. The van der Waals surface area contributed by atoms with Crippen LogP contribution in [0.1, 0.15) is 16.5 Å². The molecule has 138 valence electrons. The van der Waals surface area contributed by atoms with Gasteiger partial charge in [-0.25, -0.2) is 5.01 Å². The lowest BCUT2D eigenvalue weighted by Gasteiger charge is -2.24. The minimum absolute atomic E-state index is 0.126. The third-order valence-electron chi connectivity index (χ3n) is 4.39. The molecule has 0 radical (unpaired) electrons. The number of nitrogens with zero attached hydrogens (tertiary/aromatic N) is 1. The van der Waals surface area contributed by atoms with Gasteiger partial charge in [0.1, 0.15) is 11.1 Å². The van der Waals surface area contributed by atoms with E-state index in [2.05, 4.69) is 10.4 Å². The number of nitrogens with one attached hydrogen (secondary N) is 2. The number of aromatic amines is 1. The van der Waals surface area contributed by atoms with Crippen LogP contribution in [0, 0.1) is 6.92 Å². The molecule has 1 atom stereocenters. The zero-order valence-corrected chi connectivity index (χ0v) is 15.6. The van der Waals surface area contributed by atoms with E-state index in [0.29, 0.717) is 11.5 Å². The predicted octanol–water partition coefficient (Wildman–Crippen LogP) is 3.16. The average molecular weight is 381 g/mol. The Balaban J connectivity index is 1.45. The standard InChI is InChI=1S/C20H19N3O3S/c1-13-6-8-14(9-7-13)26-11-18(24)22-23-19(25)12-27-20(23)16-10-21-17-5-3-2-4-15(16)17/h2-10,20-21H,11-12H2,1H3,(H,22,24)/t20-/m1/s1. The topological polar surface area (TPSA) is 74.4 Å². The summed E-state index contributed by atoms with van der Waals surface area (Å²) in [5.41, 5.74) is 5.79. The zero-order chi connectivity index (χ0) is 18.8. The van der Waals surface area contributed by atoms with Crippen molar-refractivity contribution in [2.24, 2.45) is 0 Å². The Morgan fingerprint density at radius 3 is 2.85 bits per heavy atom. The van der Waals surface area contributed by atoms with Gasteiger partial charge in [0.05, 0.1) is 5.75 Å². The maximum Gasteiger partial charge on any atom is 0.276 e. The highest BCUT2D eigenvalue weighted by atomic mass is 32.2. The molecular weight excluding hydrogens is 362 g/mol. The summed E-state index contributed by atoms with van der Waals surface area (Å²) >= 11 is 1.49. The molecule has 6 nitrogen and oxygen atoms in total. The first-order chi connectivity index (χ1) is 13.1. The van der Waals surface area contributed by atoms with Gasteiger partial charge < -0.3 is 9.72 Å². The predicted molar refractivity (Wildman–Crippen MR) is 105 cm³/mol. The number of amides is 2. The summed E-state index contributed by atoms with van der Waals surface area (Å²) in [4.78, 5) is 27.8. The van der Waals surface area contributed by atoms with Crippen molar-refractivity contribution in [3.8, 4) is 5.75 Å². The van der Waals surface area contributed by atoms with Crippen molar-refractivity contribution in [3.63, 3.8) is 0 Å². The first-order valence-electron chi connectivity index (χ1n) is 8.60. The molecule has 1 aliphatic heterocycles. The first-order valence-corrected chi connectivity index (χ1v) is 9.65. The summed E-state index contributed by atoms with van der Waals surface area (Å²) in [6, 6.07) is 15.4. The fourth-order valence-corrected chi connectivity index (χ4v) is 4.16. The number of carbonyl (C=O) groups excluding carboxylic acids is 2. The molecule has 0 unspecified atom stereocenters. The number of rotatable bonds is 5. The summed E-state index contributed by atoms with van der Waals surface area (Å²) in [5, 5.41) is 2.18. The van der Waals surface area contributed by atoms with Gasteiger partial charge in [-0.05, 0) is 25.1 Å². The van der Waals surface area contributed by atoms with Crippen LogP contribution in [0.15, 0.2) is 54.7 Å². The van der Waals surface area contributed by atoms with Gasteiger partial charge in [0.2, 0.25) is 0 Å². The number of aromatic nitrogens is 1. The summed E-state index contributed by atoms with van der Waals surface area (Å²) in [7, 11) is 0. The van der Waals surface area contributed by atoms with Crippen molar-refractivity contribution < 1.29 is 14.3 Å². The van der Waals surface area contributed by atoms with Crippen molar-refractivity contribution in [2.45, 2.75) is 12.3 Å². The molecule has 1 aromatic heterocycles. The molecule has 0 spiro atoms. The summed E-state index contributed by atoms with van der Waals surface area (Å²) in [5.74, 6) is 0.449. The van der Waals surface area contributed by atoms with Gasteiger partial charge in [0.25, 0.3) is 11.8 Å². The second-order valence-electron chi connectivity index (χ2n) is 6.35. The lowest BCUT2D eigenvalue weighted by atomic mass is 10.1. The number of thioether (sulfide) groups is 1.